The lowest BCUT2D eigenvalue weighted by Crippen LogP contribution is -2.59. The summed E-state index contributed by atoms with van der Waals surface area (Å²) in [6.07, 6.45) is 30.7. The van der Waals surface area contributed by atoms with Crippen LogP contribution in [0.2, 0.25) is 0 Å². The molecule has 1 rings (SSSR count). The fourth-order valence-corrected chi connectivity index (χ4v) is 7.01. The van der Waals surface area contributed by atoms with Crippen LogP contribution in [-0.2, 0) is 28.5 Å². The number of hydrogen-bond acceptors (Lipinski definition) is 10. The molecular formula is C45H84O10. The zero-order valence-corrected chi connectivity index (χ0v) is 35.2. The van der Waals surface area contributed by atoms with E-state index < -0.39 is 49.4 Å². The lowest BCUT2D eigenvalue weighted by molar-refractivity contribution is -0.305. The zero-order valence-electron chi connectivity index (χ0n) is 35.2. The molecule has 10 heteroatoms. The Kier molecular flexibility index (Phi) is 34.4. The Bertz CT molecular complexity index is 912. The normalized spacial score (nSPS) is 20.6. The smallest absolute Gasteiger partial charge is 0.306 e. The monoisotopic (exact) mass is 785 g/mol. The van der Waals surface area contributed by atoms with Crippen molar-refractivity contribution in [1.82, 2.24) is 0 Å². The van der Waals surface area contributed by atoms with Gasteiger partial charge >= 0.3 is 11.9 Å². The van der Waals surface area contributed by atoms with E-state index in [4.69, 9.17) is 18.9 Å². The summed E-state index contributed by atoms with van der Waals surface area (Å²) >= 11 is 0. The highest BCUT2D eigenvalue weighted by atomic mass is 16.7. The third kappa shape index (κ3) is 28.5. The molecule has 324 valence electrons. The van der Waals surface area contributed by atoms with Crippen LogP contribution in [0.5, 0.6) is 0 Å². The molecular weight excluding hydrogens is 700 g/mol. The van der Waals surface area contributed by atoms with Crippen molar-refractivity contribution < 1.29 is 49.0 Å². The van der Waals surface area contributed by atoms with E-state index in [1.807, 2.05) is 0 Å². The highest BCUT2D eigenvalue weighted by Crippen LogP contribution is 2.23. The Morgan fingerprint density at radius 1 is 0.545 bits per heavy atom. The minimum absolute atomic E-state index is 0.215. The van der Waals surface area contributed by atoms with Gasteiger partial charge in [-0.05, 0) is 38.5 Å². The topological polar surface area (TPSA) is 152 Å². The van der Waals surface area contributed by atoms with Gasteiger partial charge in [0, 0.05) is 12.8 Å². The number of carbonyl (C=O) groups excluding carboxylic acids is 2. The fourth-order valence-electron chi connectivity index (χ4n) is 7.01. The standard InChI is InChI=1S/C45H84O10/c1-3-5-7-9-11-13-15-17-19-20-22-23-25-27-29-31-33-40(47)52-36-38(37-53-45-44(51)43(50)42(49)39(35-46)55-45)54-41(48)34-32-30-28-26-24-21-18-16-14-12-10-8-6-4-2/h16,18,38-39,42-46,49-51H,3-15,17,19-37H2,1-2H3/b18-16+/t38-,39-,42+,43?,44?,45-/m0/s1. The van der Waals surface area contributed by atoms with Crippen molar-refractivity contribution in [2.75, 3.05) is 19.8 Å². The maximum atomic E-state index is 12.7. The third-order valence-electron chi connectivity index (χ3n) is 10.7. The summed E-state index contributed by atoms with van der Waals surface area (Å²) in [5.74, 6) is -0.806. The predicted molar refractivity (Wildman–Crippen MR) is 220 cm³/mol. The molecule has 1 heterocycles. The molecule has 1 saturated heterocycles. The molecule has 1 fully saturated rings. The number of carbonyl (C=O) groups is 2. The molecule has 0 aromatic carbocycles. The third-order valence-corrected chi connectivity index (χ3v) is 10.7. The number of hydrogen-bond donors (Lipinski definition) is 4. The Labute approximate surface area is 335 Å². The van der Waals surface area contributed by atoms with Gasteiger partial charge in [-0.25, -0.2) is 0 Å². The first kappa shape index (κ1) is 51.5. The SMILES string of the molecule is CCCCCCC/C=C/CCCCCCCC(=O)O[C@@H](COC(=O)CCCCCCCCCCCCCCCCCC)CO[C@H]1O[C@@H](CO)[C@@H](O)C(O)C1O. The highest BCUT2D eigenvalue weighted by Gasteiger charge is 2.44. The first-order chi connectivity index (χ1) is 26.8. The van der Waals surface area contributed by atoms with Gasteiger partial charge in [0.15, 0.2) is 12.4 Å². The summed E-state index contributed by atoms with van der Waals surface area (Å²) in [5, 5.41) is 40.0. The van der Waals surface area contributed by atoms with E-state index in [0.717, 1.165) is 51.4 Å². The zero-order chi connectivity index (χ0) is 40.2. The molecule has 0 saturated carbocycles. The largest absolute Gasteiger partial charge is 0.462 e. The van der Waals surface area contributed by atoms with Gasteiger partial charge in [-0.3, -0.25) is 9.59 Å². The lowest BCUT2D eigenvalue weighted by Gasteiger charge is -2.39. The van der Waals surface area contributed by atoms with E-state index in [1.54, 1.807) is 0 Å². The van der Waals surface area contributed by atoms with E-state index in [1.165, 1.54) is 122 Å². The molecule has 55 heavy (non-hydrogen) atoms. The van der Waals surface area contributed by atoms with Gasteiger partial charge < -0.3 is 39.4 Å². The van der Waals surface area contributed by atoms with E-state index in [0.29, 0.717) is 6.42 Å². The predicted octanol–water partition coefficient (Wildman–Crippen LogP) is 9.56. The second-order valence-corrected chi connectivity index (χ2v) is 15.9. The summed E-state index contributed by atoms with van der Waals surface area (Å²) < 4.78 is 22.2. The van der Waals surface area contributed by atoms with Crippen LogP contribution in [0.3, 0.4) is 0 Å². The minimum atomic E-state index is -1.59. The van der Waals surface area contributed by atoms with Crippen molar-refractivity contribution in [2.24, 2.45) is 0 Å². The summed E-state index contributed by atoms with van der Waals surface area (Å²) in [6, 6.07) is 0. The molecule has 0 bridgehead atoms. The van der Waals surface area contributed by atoms with Gasteiger partial charge in [-0.15, -0.1) is 0 Å². The van der Waals surface area contributed by atoms with Crippen LogP contribution in [0.25, 0.3) is 0 Å². The average molecular weight is 785 g/mol. The molecule has 10 nitrogen and oxygen atoms in total. The fraction of sp³-hybridized carbons (Fsp3) is 0.911. The Morgan fingerprint density at radius 3 is 1.42 bits per heavy atom. The van der Waals surface area contributed by atoms with E-state index in [2.05, 4.69) is 26.0 Å². The van der Waals surface area contributed by atoms with Crippen LogP contribution in [-0.4, -0.2) is 89.0 Å². The summed E-state index contributed by atoms with van der Waals surface area (Å²) in [7, 11) is 0. The van der Waals surface area contributed by atoms with E-state index in [-0.39, 0.29) is 32.0 Å². The van der Waals surface area contributed by atoms with Gasteiger partial charge in [0.1, 0.15) is 31.0 Å². The Balaban J connectivity index is 2.32. The lowest BCUT2D eigenvalue weighted by atomic mass is 9.99. The van der Waals surface area contributed by atoms with Gasteiger partial charge in [0.25, 0.3) is 0 Å². The van der Waals surface area contributed by atoms with Gasteiger partial charge in [-0.1, -0.05) is 167 Å². The van der Waals surface area contributed by atoms with Gasteiger partial charge in [-0.2, -0.15) is 0 Å². The van der Waals surface area contributed by atoms with E-state index >= 15 is 0 Å². The first-order valence-electron chi connectivity index (χ1n) is 22.8. The van der Waals surface area contributed by atoms with E-state index in [9.17, 15) is 30.0 Å². The van der Waals surface area contributed by atoms with Crippen molar-refractivity contribution in [3.63, 3.8) is 0 Å². The molecule has 0 radical (unpaired) electrons. The van der Waals surface area contributed by atoms with Crippen LogP contribution in [0.4, 0.5) is 0 Å². The maximum Gasteiger partial charge on any atom is 0.306 e. The number of ether oxygens (including phenoxy) is 4. The van der Waals surface area contributed by atoms with Crippen molar-refractivity contribution in [3.8, 4) is 0 Å². The van der Waals surface area contributed by atoms with Gasteiger partial charge in [0.2, 0.25) is 0 Å². The van der Waals surface area contributed by atoms with Crippen molar-refractivity contribution in [3.05, 3.63) is 12.2 Å². The molecule has 0 amide bonds. The van der Waals surface area contributed by atoms with Crippen LogP contribution < -0.4 is 0 Å². The molecule has 0 aliphatic carbocycles. The number of aliphatic hydroxyl groups is 4. The second kappa shape index (κ2) is 36.8. The Hall–Kier alpha value is -1.56. The van der Waals surface area contributed by atoms with Crippen LogP contribution in [0, 0.1) is 0 Å². The molecule has 1 aliphatic heterocycles. The van der Waals surface area contributed by atoms with Crippen molar-refractivity contribution >= 4 is 11.9 Å². The van der Waals surface area contributed by atoms with Crippen molar-refractivity contribution in [2.45, 2.75) is 243 Å². The molecule has 0 aromatic heterocycles. The summed E-state index contributed by atoms with van der Waals surface area (Å²) in [4.78, 5) is 25.3. The molecule has 1 aliphatic rings. The quantitative estimate of drug-likeness (QED) is 0.0271. The molecule has 6 atom stereocenters. The Morgan fingerprint density at radius 2 is 0.964 bits per heavy atom. The molecule has 0 aromatic rings. The summed E-state index contributed by atoms with van der Waals surface area (Å²) in [6.45, 7) is 3.42. The van der Waals surface area contributed by atoms with Crippen LogP contribution >= 0.6 is 0 Å². The molecule has 4 N–H and O–H groups in total. The van der Waals surface area contributed by atoms with Crippen molar-refractivity contribution in [1.29, 1.82) is 0 Å². The molecule has 2 unspecified atom stereocenters. The number of esters is 2. The number of allylic oxidation sites excluding steroid dienone is 2. The highest BCUT2D eigenvalue weighted by molar-refractivity contribution is 5.70. The maximum absolute atomic E-state index is 12.7. The van der Waals surface area contributed by atoms with Crippen LogP contribution in [0.15, 0.2) is 12.2 Å². The number of rotatable bonds is 38. The first-order valence-corrected chi connectivity index (χ1v) is 22.8. The van der Waals surface area contributed by atoms with Gasteiger partial charge in [0.05, 0.1) is 13.2 Å². The minimum Gasteiger partial charge on any atom is -0.462 e. The average Bonchev–Trinajstić information content (AvgIpc) is 3.18. The second-order valence-electron chi connectivity index (χ2n) is 15.9. The number of unbranched alkanes of at least 4 members (excludes halogenated alkanes) is 25. The molecule has 0 spiro atoms. The number of aliphatic hydroxyl groups excluding tert-OH is 4. The summed E-state index contributed by atoms with van der Waals surface area (Å²) in [5.41, 5.74) is 0. The van der Waals surface area contributed by atoms with Crippen LogP contribution in [0.1, 0.15) is 206 Å².